The number of esters is 1. The summed E-state index contributed by atoms with van der Waals surface area (Å²) in [6.07, 6.45) is 1.40. The molecule has 1 heterocycles. The number of halogens is 1. The molecule has 8 nitrogen and oxygen atoms in total. The maximum absolute atomic E-state index is 13.0. The van der Waals surface area contributed by atoms with Gasteiger partial charge in [0.25, 0.3) is 0 Å². The maximum Gasteiger partial charge on any atom is 0.331 e. The molecular weight excluding hydrogens is 453 g/mol. The van der Waals surface area contributed by atoms with Gasteiger partial charge in [0.05, 0.1) is 20.3 Å². The molecule has 176 valence electrons. The number of nitrogens with zero attached hydrogens (tertiary/aromatic N) is 1. The minimum Gasteiger partial charge on any atom is -0.495 e. The van der Waals surface area contributed by atoms with Crippen LogP contribution in [0.1, 0.15) is 22.8 Å². The van der Waals surface area contributed by atoms with Crippen molar-refractivity contribution < 1.29 is 36.6 Å². The molecule has 0 spiro atoms. The summed E-state index contributed by atoms with van der Waals surface area (Å²) in [6.45, 7) is 2.50. The Balaban J connectivity index is 1.72. The zero-order valence-electron chi connectivity index (χ0n) is 18.2. The van der Waals surface area contributed by atoms with Crippen LogP contribution in [0.15, 0.2) is 53.4 Å². The van der Waals surface area contributed by atoms with E-state index in [1.807, 2.05) is 0 Å². The van der Waals surface area contributed by atoms with Gasteiger partial charge in [0.1, 0.15) is 16.5 Å². The Kier molecular flexibility index (Phi) is 7.96. The molecule has 0 aromatic heterocycles. The van der Waals surface area contributed by atoms with E-state index in [1.165, 1.54) is 48.7 Å². The zero-order chi connectivity index (χ0) is 24.0. The monoisotopic (exact) mass is 477 g/mol. The number of ether oxygens (including phenoxy) is 3. The van der Waals surface area contributed by atoms with Crippen LogP contribution in [0, 0.1) is 5.82 Å². The highest BCUT2D eigenvalue weighted by molar-refractivity contribution is 7.89. The van der Waals surface area contributed by atoms with Crippen LogP contribution in [0.2, 0.25) is 0 Å². The lowest BCUT2D eigenvalue weighted by Crippen LogP contribution is -2.40. The van der Waals surface area contributed by atoms with Gasteiger partial charge in [0.15, 0.2) is 6.10 Å². The molecule has 0 radical (unpaired) electrons. The molecule has 0 saturated carbocycles. The Bertz CT molecular complexity index is 1140. The fraction of sp³-hybridized carbons (Fsp3) is 0.304. The number of morpholine rings is 1. The van der Waals surface area contributed by atoms with Gasteiger partial charge in [-0.05, 0) is 55.0 Å². The standard InChI is InChI=1S/C23H24FNO7S/c1-16(23(27)18-5-7-19(24)8-6-18)32-22(26)10-4-17-3-9-20(30-2)21(15-17)33(28,29)25-11-13-31-14-12-25/h3-10,15-16H,11-14H2,1-2H3/b10-4+. The minimum atomic E-state index is -3.82. The molecule has 33 heavy (non-hydrogen) atoms. The second kappa shape index (κ2) is 10.7. The second-order valence-corrected chi connectivity index (χ2v) is 9.12. The fourth-order valence-electron chi connectivity index (χ4n) is 3.20. The molecule has 10 heteroatoms. The van der Waals surface area contributed by atoms with Crippen LogP contribution in [0.4, 0.5) is 4.39 Å². The van der Waals surface area contributed by atoms with Crippen molar-refractivity contribution >= 4 is 27.9 Å². The van der Waals surface area contributed by atoms with Crippen LogP contribution in [0.25, 0.3) is 6.08 Å². The van der Waals surface area contributed by atoms with E-state index in [2.05, 4.69) is 0 Å². The first kappa shape index (κ1) is 24.6. The van der Waals surface area contributed by atoms with Crippen molar-refractivity contribution in [3.63, 3.8) is 0 Å². The Morgan fingerprint density at radius 1 is 1.12 bits per heavy atom. The summed E-state index contributed by atoms with van der Waals surface area (Å²) in [4.78, 5) is 24.5. The van der Waals surface area contributed by atoms with Gasteiger partial charge in [-0.3, -0.25) is 4.79 Å². The Hall–Kier alpha value is -3.08. The first-order chi connectivity index (χ1) is 15.7. The Morgan fingerprint density at radius 2 is 1.79 bits per heavy atom. The molecule has 1 aliphatic rings. The summed E-state index contributed by atoms with van der Waals surface area (Å²) in [7, 11) is -2.45. The number of methoxy groups -OCH3 is 1. The number of Topliss-reactive ketones (excluding diaryl/α,β-unsaturated/α-hetero) is 1. The summed E-state index contributed by atoms with van der Waals surface area (Å²) >= 11 is 0. The predicted molar refractivity (Wildman–Crippen MR) is 118 cm³/mol. The van der Waals surface area contributed by atoms with E-state index in [0.717, 1.165) is 18.2 Å². The molecule has 1 atom stereocenters. The summed E-state index contributed by atoms with van der Waals surface area (Å²) in [5, 5.41) is 0. The number of sulfonamides is 1. The zero-order valence-corrected chi connectivity index (χ0v) is 19.0. The van der Waals surface area contributed by atoms with Crippen molar-refractivity contribution in [1.29, 1.82) is 0 Å². The van der Waals surface area contributed by atoms with Gasteiger partial charge in [-0.15, -0.1) is 0 Å². The number of benzene rings is 2. The predicted octanol–water partition coefficient (Wildman–Crippen LogP) is 2.68. The Morgan fingerprint density at radius 3 is 2.42 bits per heavy atom. The van der Waals surface area contributed by atoms with E-state index in [4.69, 9.17) is 14.2 Å². The van der Waals surface area contributed by atoms with E-state index in [9.17, 15) is 22.4 Å². The smallest absolute Gasteiger partial charge is 0.331 e. The highest BCUT2D eigenvalue weighted by atomic mass is 32.2. The van der Waals surface area contributed by atoms with Gasteiger partial charge in [-0.1, -0.05) is 6.07 Å². The quantitative estimate of drug-likeness (QED) is 0.327. The minimum absolute atomic E-state index is 0.0257. The van der Waals surface area contributed by atoms with Crippen molar-refractivity contribution in [2.24, 2.45) is 0 Å². The lowest BCUT2D eigenvalue weighted by molar-refractivity contribution is -0.140. The first-order valence-corrected chi connectivity index (χ1v) is 11.6. The number of carbonyl (C=O) groups is 2. The molecule has 1 aliphatic heterocycles. The summed E-state index contributed by atoms with van der Waals surface area (Å²) < 4.78 is 56.0. The van der Waals surface area contributed by atoms with E-state index in [-0.39, 0.29) is 29.3 Å². The van der Waals surface area contributed by atoms with Crippen LogP contribution in [0.3, 0.4) is 0 Å². The third kappa shape index (κ3) is 6.04. The molecule has 3 rings (SSSR count). The number of hydrogen-bond acceptors (Lipinski definition) is 7. The van der Waals surface area contributed by atoms with Gasteiger partial charge in [0.2, 0.25) is 15.8 Å². The average Bonchev–Trinajstić information content (AvgIpc) is 2.83. The van der Waals surface area contributed by atoms with Crippen LogP contribution < -0.4 is 4.74 Å². The van der Waals surface area contributed by atoms with Crippen molar-refractivity contribution in [1.82, 2.24) is 4.31 Å². The molecule has 0 amide bonds. The molecule has 1 unspecified atom stereocenters. The van der Waals surface area contributed by atoms with Crippen molar-refractivity contribution in [2.45, 2.75) is 17.9 Å². The molecule has 1 saturated heterocycles. The molecule has 2 aromatic rings. The van der Waals surface area contributed by atoms with Gasteiger partial charge >= 0.3 is 5.97 Å². The molecule has 0 N–H and O–H groups in total. The lowest BCUT2D eigenvalue weighted by Gasteiger charge is -2.26. The van der Waals surface area contributed by atoms with Crippen LogP contribution in [0.5, 0.6) is 5.75 Å². The fourth-order valence-corrected chi connectivity index (χ4v) is 4.80. The normalized spacial score (nSPS) is 15.8. The maximum atomic E-state index is 13.0. The van der Waals surface area contributed by atoms with Crippen molar-refractivity contribution in [2.75, 3.05) is 33.4 Å². The van der Waals surface area contributed by atoms with Gasteiger partial charge < -0.3 is 14.2 Å². The molecular formula is C23H24FNO7S. The highest BCUT2D eigenvalue weighted by Crippen LogP contribution is 2.29. The third-order valence-corrected chi connectivity index (χ3v) is 6.90. The van der Waals surface area contributed by atoms with Crippen LogP contribution >= 0.6 is 0 Å². The first-order valence-electron chi connectivity index (χ1n) is 10.2. The number of hydrogen-bond donors (Lipinski definition) is 0. The molecule has 0 aliphatic carbocycles. The van der Waals surface area contributed by atoms with Gasteiger partial charge in [-0.25, -0.2) is 17.6 Å². The van der Waals surface area contributed by atoms with Crippen molar-refractivity contribution in [3.8, 4) is 5.75 Å². The number of carbonyl (C=O) groups excluding carboxylic acids is 2. The molecule has 1 fully saturated rings. The van der Waals surface area contributed by atoms with E-state index < -0.39 is 33.7 Å². The SMILES string of the molecule is COc1ccc(/C=C/C(=O)OC(C)C(=O)c2ccc(F)cc2)cc1S(=O)(=O)N1CCOCC1. The van der Waals surface area contributed by atoms with Crippen LogP contribution in [-0.2, 0) is 24.3 Å². The lowest BCUT2D eigenvalue weighted by atomic mass is 10.1. The topological polar surface area (TPSA) is 99.2 Å². The Labute approximate surface area is 191 Å². The molecule has 0 bridgehead atoms. The van der Waals surface area contributed by atoms with Crippen LogP contribution in [-0.4, -0.2) is 64.0 Å². The second-order valence-electron chi connectivity index (χ2n) is 7.21. The summed E-state index contributed by atoms with van der Waals surface area (Å²) in [5.74, 6) is -1.56. The summed E-state index contributed by atoms with van der Waals surface area (Å²) in [5.41, 5.74) is 0.644. The van der Waals surface area contributed by atoms with E-state index in [1.54, 1.807) is 6.07 Å². The molecule has 2 aromatic carbocycles. The average molecular weight is 478 g/mol. The highest BCUT2D eigenvalue weighted by Gasteiger charge is 2.29. The van der Waals surface area contributed by atoms with E-state index >= 15 is 0 Å². The van der Waals surface area contributed by atoms with E-state index in [0.29, 0.717) is 18.8 Å². The third-order valence-electron chi connectivity index (χ3n) is 4.98. The number of rotatable bonds is 8. The van der Waals surface area contributed by atoms with Gasteiger partial charge in [0, 0.05) is 24.7 Å². The number of ketones is 1. The largest absolute Gasteiger partial charge is 0.495 e. The van der Waals surface area contributed by atoms with Crippen molar-refractivity contribution in [3.05, 3.63) is 65.5 Å². The van der Waals surface area contributed by atoms with Gasteiger partial charge in [-0.2, -0.15) is 4.31 Å². The summed E-state index contributed by atoms with van der Waals surface area (Å²) in [6, 6.07) is 9.41.